The maximum Gasteiger partial charge on any atom is 0.333 e. The second-order valence-electron chi connectivity index (χ2n) is 6.29. The molecule has 0 bridgehead atoms. The Hall–Kier alpha value is -3.09. The van der Waals surface area contributed by atoms with Crippen molar-refractivity contribution in [2.45, 2.75) is 39.3 Å². The van der Waals surface area contributed by atoms with Gasteiger partial charge < -0.3 is 10.7 Å². The molecule has 2 aromatic heterocycles. The molecule has 7 nitrogen and oxygen atoms in total. The summed E-state index contributed by atoms with van der Waals surface area (Å²) in [5, 5.41) is 0. The molecule has 0 spiro atoms. The van der Waals surface area contributed by atoms with Gasteiger partial charge in [0.1, 0.15) is 11.3 Å². The molecule has 3 rings (SSSR count). The second kappa shape index (κ2) is 7.43. The van der Waals surface area contributed by atoms with Crippen LogP contribution in [-0.2, 0) is 19.5 Å². The average Bonchev–Trinajstić information content (AvgIpc) is 3.04. The Bertz CT molecular complexity index is 1040. The first-order chi connectivity index (χ1) is 12.5. The summed E-state index contributed by atoms with van der Waals surface area (Å²) < 4.78 is 2.77. The fraction of sp³-hybridized carbons (Fsp3) is 0.316. The molecule has 3 aromatic rings. The normalized spacial score (nSPS) is 11.1. The van der Waals surface area contributed by atoms with Crippen LogP contribution in [-0.4, -0.2) is 19.1 Å². The van der Waals surface area contributed by atoms with Crippen molar-refractivity contribution in [1.82, 2.24) is 19.1 Å². The van der Waals surface area contributed by atoms with Gasteiger partial charge in [0, 0.05) is 25.2 Å². The average molecular weight is 353 g/mol. The van der Waals surface area contributed by atoms with Crippen molar-refractivity contribution in [2.24, 2.45) is 0 Å². The van der Waals surface area contributed by atoms with E-state index in [0.29, 0.717) is 35.6 Å². The van der Waals surface area contributed by atoms with Crippen LogP contribution >= 0.6 is 0 Å². The van der Waals surface area contributed by atoms with Gasteiger partial charge in [-0.3, -0.25) is 13.9 Å². The largest absolute Gasteiger partial charge is 0.399 e. The Balaban J connectivity index is 2.12. The van der Waals surface area contributed by atoms with Crippen molar-refractivity contribution in [2.75, 3.05) is 5.73 Å². The quantitative estimate of drug-likeness (QED) is 0.501. The van der Waals surface area contributed by atoms with Crippen molar-refractivity contribution in [3.63, 3.8) is 0 Å². The molecule has 0 saturated carbocycles. The van der Waals surface area contributed by atoms with E-state index < -0.39 is 0 Å². The smallest absolute Gasteiger partial charge is 0.333 e. The molecule has 0 aliphatic heterocycles. The molecule has 1 aromatic carbocycles. The number of aromatic amines is 1. The highest BCUT2D eigenvalue weighted by molar-refractivity contribution is 5.70. The number of benzene rings is 1. The molecular formula is C19H23N5O2. The van der Waals surface area contributed by atoms with E-state index in [1.54, 1.807) is 10.6 Å². The molecule has 0 unspecified atom stereocenters. The third-order valence-corrected chi connectivity index (χ3v) is 4.31. The lowest BCUT2D eigenvalue weighted by molar-refractivity contribution is 0.572. The van der Waals surface area contributed by atoms with E-state index in [2.05, 4.69) is 23.5 Å². The minimum Gasteiger partial charge on any atom is -0.399 e. The summed E-state index contributed by atoms with van der Waals surface area (Å²) in [4.78, 5) is 33.0. The van der Waals surface area contributed by atoms with Gasteiger partial charge in [-0.2, -0.15) is 0 Å². The summed E-state index contributed by atoms with van der Waals surface area (Å²) in [6.07, 6.45) is 3.85. The van der Waals surface area contributed by atoms with E-state index >= 15 is 0 Å². The number of nitrogens with one attached hydrogen (secondary N) is 1. The Morgan fingerprint density at radius 1 is 1.23 bits per heavy atom. The lowest BCUT2D eigenvalue weighted by Crippen LogP contribution is -2.39. The van der Waals surface area contributed by atoms with E-state index in [1.807, 2.05) is 24.3 Å². The highest BCUT2D eigenvalue weighted by Crippen LogP contribution is 2.13. The van der Waals surface area contributed by atoms with E-state index in [-0.39, 0.29) is 17.8 Å². The molecule has 3 N–H and O–H groups in total. The zero-order chi connectivity index (χ0) is 18.7. The number of hydrogen-bond acceptors (Lipinski definition) is 4. The van der Waals surface area contributed by atoms with Crippen LogP contribution in [0.2, 0.25) is 0 Å². The predicted octanol–water partition coefficient (Wildman–Crippen LogP) is 2.05. The predicted molar refractivity (Wildman–Crippen MR) is 103 cm³/mol. The van der Waals surface area contributed by atoms with E-state index in [1.165, 1.54) is 4.57 Å². The van der Waals surface area contributed by atoms with Crippen LogP contribution in [0.5, 0.6) is 0 Å². The lowest BCUT2D eigenvalue weighted by atomic mass is 10.1. The molecule has 26 heavy (non-hydrogen) atoms. The molecule has 0 radical (unpaired) electrons. The monoisotopic (exact) mass is 353 g/mol. The second-order valence-corrected chi connectivity index (χ2v) is 6.29. The number of nitrogens with zero attached hydrogens (tertiary/aromatic N) is 3. The van der Waals surface area contributed by atoms with Crippen molar-refractivity contribution in [1.29, 1.82) is 0 Å². The minimum absolute atomic E-state index is 0.173. The Labute approximate surface area is 150 Å². The standard InChI is InChI=1S/C19H23N5O2/c1-3-5-11-23-17-16(18(25)24(10-4-2)19(23)26)21-15(22-17)12-13-6-8-14(20)9-7-13/h4,6-9H,2-3,5,10-12,20H2,1H3,(H,21,22). The lowest BCUT2D eigenvalue weighted by Gasteiger charge is -2.09. The van der Waals surface area contributed by atoms with Crippen LogP contribution in [0.4, 0.5) is 5.69 Å². The number of allylic oxidation sites excluding steroid dienone is 1. The summed E-state index contributed by atoms with van der Waals surface area (Å²) in [6.45, 7) is 6.38. The van der Waals surface area contributed by atoms with Gasteiger partial charge in [-0.15, -0.1) is 6.58 Å². The van der Waals surface area contributed by atoms with Crippen LogP contribution in [0.3, 0.4) is 0 Å². The summed E-state index contributed by atoms with van der Waals surface area (Å²) >= 11 is 0. The van der Waals surface area contributed by atoms with Crippen molar-refractivity contribution >= 4 is 16.9 Å². The zero-order valence-corrected chi connectivity index (χ0v) is 14.9. The first kappa shape index (κ1) is 17.7. The van der Waals surface area contributed by atoms with Crippen molar-refractivity contribution in [3.05, 3.63) is 69.1 Å². The van der Waals surface area contributed by atoms with E-state index in [0.717, 1.165) is 18.4 Å². The van der Waals surface area contributed by atoms with Crippen molar-refractivity contribution < 1.29 is 0 Å². The molecule has 0 aliphatic rings. The Kier molecular flexibility index (Phi) is 5.06. The van der Waals surface area contributed by atoms with Crippen LogP contribution in [0.15, 0.2) is 46.5 Å². The molecule has 0 saturated heterocycles. The van der Waals surface area contributed by atoms with Gasteiger partial charge in [-0.25, -0.2) is 9.78 Å². The minimum atomic E-state index is -0.367. The number of H-pyrrole nitrogens is 1. The number of fused-ring (bicyclic) bond motifs is 1. The van der Waals surface area contributed by atoms with Crippen LogP contribution < -0.4 is 17.0 Å². The number of nitrogen functional groups attached to an aromatic ring is 1. The Morgan fingerprint density at radius 3 is 2.62 bits per heavy atom. The summed E-state index contributed by atoms with van der Waals surface area (Å²) in [5.74, 6) is 0.642. The SMILES string of the molecule is C=CCn1c(=O)c2[nH]c(Cc3ccc(N)cc3)nc2n(CCCC)c1=O. The van der Waals surface area contributed by atoms with Gasteiger partial charge in [0.05, 0.1) is 0 Å². The number of rotatable bonds is 7. The molecule has 0 amide bonds. The molecular weight excluding hydrogens is 330 g/mol. The molecule has 0 aliphatic carbocycles. The third kappa shape index (κ3) is 3.33. The zero-order valence-electron chi connectivity index (χ0n) is 14.9. The number of aromatic nitrogens is 4. The van der Waals surface area contributed by atoms with Gasteiger partial charge in [0.2, 0.25) is 0 Å². The Morgan fingerprint density at radius 2 is 1.96 bits per heavy atom. The van der Waals surface area contributed by atoms with Crippen LogP contribution in [0, 0.1) is 0 Å². The van der Waals surface area contributed by atoms with E-state index in [9.17, 15) is 9.59 Å². The number of anilines is 1. The first-order valence-corrected chi connectivity index (χ1v) is 8.72. The summed E-state index contributed by atoms with van der Waals surface area (Å²) in [6, 6.07) is 7.49. The number of unbranched alkanes of at least 4 members (excludes halogenated alkanes) is 1. The summed E-state index contributed by atoms with van der Waals surface area (Å²) in [5.41, 5.74) is 7.49. The topological polar surface area (TPSA) is 98.7 Å². The van der Waals surface area contributed by atoms with E-state index in [4.69, 9.17) is 5.73 Å². The van der Waals surface area contributed by atoms with Gasteiger partial charge in [0.25, 0.3) is 5.56 Å². The molecule has 136 valence electrons. The van der Waals surface area contributed by atoms with Crippen LogP contribution in [0.25, 0.3) is 11.2 Å². The molecule has 0 atom stereocenters. The number of aryl methyl sites for hydroxylation is 1. The fourth-order valence-corrected chi connectivity index (χ4v) is 2.93. The van der Waals surface area contributed by atoms with Gasteiger partial charge in [0.15, 0.2) is 5.65 Å². The molecule has 2 heterocycles. The number of nitrogens with two attached hydrogens (primary N) is 1. The maximum absolute atomic E-state index is 12.7. The fourth-order valence-electron chi connectivity index (χ4n) is 2.93. The van der Waals surface area contributed by atoms with Crippen molar-refractivity contribution in [3.8, 4) is 0 Å². The highest BCUT2D eigenvalue weighted by atomic mass is 16.2. The number of imidazole rings is 1. The maximum atomic E-state index is 12.7. The van der Waals surface area contributed by atoms with Gasteiger partial charge in [-0.1, -0.05) is 31.6 Å². The van der Waals surface area contributed by atoms with Crippen LogP contribution in [0.1, 0.15) is 31.2 Å². The first-order valence-electron chi connectivity index (χ1n) is 8.72. The highest BCUT2D eigenvalue weighted by Gasteiger charge is 2.16. The van der Waals surface area contributed by atoms with Gasteiger partial charge in [-0.05, 0) is 24.1 Å². The molecule has 7 heteroatoms. The third-order valence-electron chi connectivity index (χ3n) is 4.31. The van der Waals surface area contributed by atoms with Gasteiger partial charge >= 0.3 is 5.69 Å². The molecule has 0 fully saturated rings. The summed E-state index contributed by atoms with van der Waals surface area (Å²) in [7, 11) is 0. The number of hydrogen-bond donors (Lipinski definition) is 2.